The Morgan fingerprint density at radius 2 is 1.85 bits per heavy atom. The molecule has 1 amide bonds. The highest BCUT2D eigenvalue weighted by atomic mass is 19.1. The smallest absolute Gasteiger partial charge is 0.257 e. The molecular weight excluding hydrogens is 329 g/mol. The van der Waals surface area contributed by atoms with Crippen LogP contribution in [0.5, 0.6) is 0 Å². The summed E-state index contributed by atoms with van der Waals surface area (Å²) in [7, 11) is 0. The number of hydrogen-bond donors (Lipinski definition) is 2. The van der Waals surface area contributed by atoms with Crippen molar-refractivity contribution in [2.24, 2.45) is 0 Å². The first-order valence-corrected chi connectivity index (χ1v) is 8.51. The molecule has 2 N–H and O–H groups in total. The summed E-state index contributed by atoms with van der Waals surface area (Å²) in [6.07, 6.45) is 3.50. The van der Waals surface area contributed by atoms with Gasteiger partial charge < -0.3 is 10.6 Å². The highest BCUT2D eigenvalue weighted by Gasteiger charge is 2.07. The molecule has 1 heterocycles. The Balaban J connectivity index is 1.47. The van der Waals surface area contributed by atoms with E-state index < -0.39 is 5.82 Å². The van der Waals surface area contributed by atoms with Crippen LogP contribution in [-0.4, -0.2) is 17.4 Å². The third-order valence-corrected chi connectivity index (χ3v) is 3.90. The van der Waals surface area contributed by atoms with E-state index in [1.165, 1.54) is 23.9 Å². The second-order valence-corrected chi connectivity index (χ2v) is 5.91. The molecule has 4 nitrogen and oxygen atoms in total. The molecule has 0 bridgehead atoms. The number of carbonyl (C=O) groups excluding carboxylic acids is 1. The predicted molar refractivity (Wildman–Crippen MR) is 102 cm³/mol. The molecule has 0 aliphatic rings. The Morgan fingerprint density at radius 1 is 1.00 bits per heavy atom. The third-order valence-electron chi connectivity index (χ3n) is 3.90. The fourth-order valence-corrected chi connectivity index (χ4v) is 2.56. The minimum absolute atomic E-state index is 0.321. The van der Waals surface area contributed by atoms with Crippen molar-refractivity contribution in [3.63, 3.8) is 0 Å². The number of rotatable bonds is 7. The molecule has 5 heteroatoms. The van der Waals surface area contributed by atoms with Crippen LogP contribution in [0.25, 0.3) is 0 Å². The van der Waals surface area contributed by atoms with E-state index in [0.717, 1.165) is 25.2 Å². The monoisotopic (exact) mass is 349 g/mol. The van der Waals surface area contributed by atoms with Crippen molar-refractivity contribution in [2.75, 3.05) is 17.2 Å². The van der Waals surface area contributed by atoms with Gasteiger partial charge in [0, 0.05) is 18.4 Å². The first-order chi connectivity index (χ1) is 12.7. The first kappa shape index (κ1) is 17.6. The SMILES string of the molecule is O=C(Nc1cccc(F)c1)c1ccc(NCCCc2ccccc2)nc1. The lowest BCUT2D eigenvalue weighted by molar-refractivity contribution is 0.102. The number of aryl methyl sites for hydroxylation is 1. The van der Waals surface area contributed by atoms with Gasteiger partial charge in [0.25, 0.3) is 5.91 Å². The van der Waals surface area contributed by atoms with Crippen molar-refractivity contribution in [3.8, 4) is 0 Å². The summed E-state index contributed by atoms with van der Waals surface area (Å²) >= 11 is 0. The second kappa shape index (κ2) is 8.76. The van der Waals surface area contributed by atoms with E-state index in [1.807, 2.05) is 18.2 Å². The predicted octanol–water partition coefficient (Wildman–Crippen LogP) is 4.52. The molecule has 3 rings (SSSR count). The van der Waals surface area contributed by atoms with E-state index in [1.54, 1.807) is 24.3 Å². The standard InChI is InChI=1S/C21H20FN3O/c22-18-9-4-10-19(14-18)25-21(26)17-11-12-20(24-15-17)23-13-5-8-16-6-2-1-3-7-16/h1-4,6-7,9-12,14-15H,5,8,13H2,(H,23,24)(H,25,26). The van der Waals surface area contributed by atoms with Crippen LogP contribution in [0.15, 0.2) is 72.9 Å². The van der Waals surface area contributed by atoms with E-state index >= 15 is 0 Å². The molecule has 26 heavy (non-hydrogen) atoms. The van der Waals surface area contributed by atoms with Crippen molar-refractivity contribution in [3.05, 3.63) is 89.9 Å². The molecule has 2 aromatic carbocycles. The molecule has 0 atom stereocenters. The summed E-state index contributed by atoms with van der Waals surface area (Å²) in [5.41, 5.74) is 2.15. The number of pyridine rings is 1. The summed E-state index contributed by atoms with van der Waals surface area (Å²) in [6.45, 7) is 0.802. The maximum atomic E-state index is 13.2. The number of halogens is 1. The van der Waals surface area contributed by atoms with Gasteiger partial charge in [0.15, 0.2) is 0 Å². The molecule has 0 fully saturated rings. The molecule has 0 radical (unpaired) electrons. The van der Waals surface area contributed by atoms with E-state index in [9.17, 15) is 9.18 Å². The van der Waals surface area contributed by atoms with Crippen LogP contribution in [0.4, 0.5) is 15.9 Å². The number of benzene rings is 2. The van der Waals surface area contributed by atoms with Gasteiger partial charge >= 0.3 is 0 Å². The number of carbonyl (C=O) groups is 1. The van der Waals surface area contributed by atoms with Gasteiger partial charge in [-0.3, -0.25) is 4.79 Å². The van der Waals surface area contributed by atoms with E-state index in [2.05, 4.69) is 27.8 Å². The van der Waals surface area contributed by atoms with Gasteiger partial charge in [0.1, 0.15) is 11.6 Å². The average Bonchev–Trinajstić information content (AvgIpc) is 2.66. The summed E-state index contributed by atoms with van der Waals surface area (Å²) in [5, 5.41) is 5.90. The molecule has 0 spiro atoms. The summed E-state index contributed by atoms with van der Waals surface area (Å²) in [4.78, 5) is 16.4. The fourth-order valence-electron chi connectivity index (χ4n) is 2.56. The largest absolute Gasteiger partial charge is 0.370 e. The van der Waals surface area contributed by atoms with Crippen LogP contribution in [0.3, 0.4) is 0 Å². The maximum Gasteiger partial charge on any atom is 0.257 e. The molecule has 0 saturated carbocycles. The Kier molecular flexibility index (Phi) is 5.93. The molecule has 3 aromatic rings. The van der Waals surface area contributed by atoms with Crippen molar-refractivity contribution in [2.45, 2.75) is 12.8 Å². The Bertz CT molecular complexity index is 851. The highest BCUT2D eigenvalue weighted by molar-refractivity contribution is 6.04. The molecule has 0 unspecified atom stereocenters. The normalized spacial score (nSPS) is 10.3. The van der Waals surface area contributed by atoms with Gasteiger partial charge in [-0.2, -0.15) is 0 Å². The zero-order chi connectivity index (χ0) is 18.2. The number of nitrogens with one attached hydrogen (secondary N) is 2. The van der Waals surface area contributed by atoms with E-state index in [4.69, 9.17) is 0 Å². The highest BCUT2D eigenvalue weighted by Crippen LogP contribution is 2.12. The molecule has 0 aliphatic carbocycles. The number of anilines is 2. The van der Waals surface area contributed by atoms with Gasteiger partial charge in [0.2, 0.25) is 0 Å². The lowest BCUT2D eigenvalue weighted by atomic mass is 10.1. The van der Waals surface area contributed by atoms with Gasteiger partial charge in [-0.15, -0.1) is 0 Å². The second-order valence-electron chi connectivity index (χ2n) is 5.91. The number of hydrogen-bond acceptors (Lipinski definition) is 3. The van der Waals surface area contributed by atoms with Crippen LogP contribution >= 0.6 is 0 Å². The molecule has 1 aromatic heterocycles. The number of aromatic nitrogens is 1. The average molecular weight is 349 g/mol. The minimum atomic E-state index is -0.393. The third kappa shape index (κ3) is 5.14. The Hall–Kier alpha value is -3.21. The van der Waals surface area contributed by atoms with Crippen LogP contribution < -0.4 is 10.6 Å². The lowest BCUT2D eigenvalue weighted by Gasteiger charge is -2.08. The summed E-state index contributed by atoms with van der Waals surface area (Å²) in [6, 6.07) is 19.6. The first-order valence-electron chi connectivity index (χ1n) is 8.51. The minimum Gasteiger partial charge on any atom is -0.370 e. The number of nitrogens with zero attached hydrogens (tertiary/aromatic N) is 1. The van der Waals surface area contributed by atoms with Gasteiger partial charge in [0.05, 0.1) is 5.56 Å². The quantitative estimate of drug-likeness (QED) is 0.617. The van der Waals surface area contributed by atoms with Crippen LogP contribution in [0, 0.1) is 5.82 Å². The maximum absolute atomic E-state index is 13.2. The Morgan fingerprint density at radius 3 is 2.58 bits per heavy atom. The Labute approximate surface area is 152 Å². The van der Waals surface area contributed by atoms with Crippen molar-refractivity contribution < 1.29 is 9.18 Å². The van der Waals surface area contributed by atoms with Crippen molar-refractivity contribution in [1.82, 2.24) is 4.98 Å². The van der Waals surface area contributed by atoms with Crippen molar-refractivity contribution in [1.29, 1.82) is 0 Å². The van der Waals surface area contributed by atoms with Gasteiger partial charge in [-0.1, -0.05) is 36.4 Å². The molecule has 0 saturated heterocycles. The molecule has 132 valence electrons. The van der Waals surface area contributed by atoms with E-state index in [-0.39, 0.29) is 5.91 Å². The summed E-state index contributed by atoms with van der Waals surface area (Å²) in [5.74, 6) is 0.00932. The van der Waals surface area contributed by atoms with Crippen LogP contribution in [0.2, 0.25) is 0 Å². The van der Waals surface area contributed by atoms with Crippen molar-refractivity contribution >= 4 is 17.4 Å². The lowest BCUT2D eigenvalue weighted by Crippen LogP contribution is -2.13. The zero-order valence-electron chi connectivity index (χ0n) is 14.3. The molecule has 0 aliphatic heterocycles. The number of amides is 1. The van der Waals surface area contributed by atoms with Gasteiger partial charge in [-0.25, -0.2) is 9.37 Å². The fraction of sp³-hybridized carbons (Fsp3) is 0.143. The van der Waals surface area contributed by atoms with E-state index in [0.29, 0.717) is 11.3 Å². The topological polar surface area (TPSA) is 54.0 Å². The van der Waals surface area contributed by atoms with Crippen LogP contribution in [0.1, 0.15) is 22.3 Å². The zero-order valence-corrected chi connectivity index (χ0v) is 14.3. The molecular formula is C21H20FN3O. The van der Waals surface area contributed by atoms with Gasteiger partial charge in [-0.05, 0) is 48.7 Å². The summed E-state index contributed by atoms with van der Waals surface area (Å²) < 4.78 is 13.2. The van der Waals surface area contributed by atoms with Crippen LogP contribution in [-0.2, 0) is 6.42 Å².